The molecule has 1 fully saturated rings. The molecule has 16 nitrogen and oxygen atoms in total. The Morgan fingerprint density at radius 2 is 1.41 bits per heavy atom. The smallest absolute Gasteiger partial charge is 0.326 e. The van der Waals surface area contributed by atoms with Gasteiger partial charge in [-0.3, -0.25) is 24.0 Å². The summed E-state index contributed by atoms with van der Waals surface area (Å²) in [5, 5.41) is 36.1. The quantitative estimate of drug-likeness (QED) is 0.134. The Hall–Kier alpha value is -6.45. The van der Waals surface area contributed by atoms with Crippen LogP contribution in [0, 0.1) is 5.92 Å². The molecule has 7 atom stereocenters. The van der Waals surface area contributed by atoms with Crippen LogP contribution in [0.25, 0.3) is 0 Å². The number of rotatable bonds is 12. The summed E-state index contributed by atoms with van der Waals surface area (Å²) >= 11 is 0. The molecule has 3 aromatic rings. The number of carbonyl (C=O) groups is 7. The number of nitrogens with one attached hydrogen (secondary N) is 6. The van der Waals surface area contributed by atoms with Crippen LogP contribution in [-0.4, -0.2) is 106 Å². The van der Waals surface area contributed by atoms with Gasteiger partial charge in [-0.2, -0.15) is 0 Å². The van der Waals surface area contributed by atoms with Gasteiger partial charge in [0.2, 0.25) is 29.5 Å². The number of benzene rings is 3. The number of aromatic hydroxyl groups is 1. The Kier molecular flexibility index (Phi) is 18.1. The fourth-order valence-corrected chi connectivity index (χ4v) is 6.90. The Morgan fingerprint density at radius 1 is 0.787 bits per heavy atom. The van der Waals surface area contributed by atoms with E-state index in [2.05, 4.69) is 31.9 Å². The number of urea groups is 1. The Balaban J connectivity index is 1.65. The highest BCUT2D eigenvalue weighted by molar-refractivity contribution is 5.96. The Labute approximate surface area is 356 Å². The zero-order valence-electron chi connectivity index (χ0n) is 35.2. The van der Waals surface area contributed by atoms with Crippen LogP contribution in [0.15, 0.2) is 84.9 Å². The molecule has 0 bridgehead atoms. The van der Waals surface area contributed by atoms with Gasteiger partial charge in [0.25, 0.3) is 0 Å². The lowest BCUT2D eigenvalue weighted by molar-refractivity contribution is -0.142. The van der Waals surface area contributed by atoms with E-state index < -0.39 is 83.7 Å². The van der Waals surface area contributed by atoms with Crippen molar-refractivity contribution in [1.82, 2.24) is 36.8 Å². The molecule has 0 aliphatic carbocycles. The monoisotopic (exact) mass is 841 g/mol. The number of aryl methyl sites for hydroxylation is 1. The SMILES string of the molecule is CC[C@H](C)[C@@H]1NC(=O)C(NC(=O)N[C@H](Cc2ccccc2)C(=O)O)CCCCNC(=O)[C@H](Cc2ccccc2)NC(=O)[C@H](C)N(C)C(=O)C(CCc2ccc(O)cc2)NC1=O. The van der Waals surface area contributed by atoms with Gasteiger partial charge in [-0.25, -0.2) is 9.59 Å². The van der Waals surface area contributed by atoms with Gasteiger partial charge in [-0.1, -0.05) is 93.1 Å². The van der Waals surface area contributed by atoms with Crippen molar-refractivity contribution in [3.8, 4) is 5.75 Å². The summed E-state index contributed by atoms with van der Waals surface area (Å²) in [7, 11) is 1.44. The first-order chi connectivity index (χ1) is 29.2. The Morgan fingerprint density at radius 3 is 2.03 bits per heavy atom. The van der Waals surface area contributed by atoms with Crippen molar-refractivity contribution in [2.45, 2.75) is 108 Å². The van der Waals surface area contributed by atoms with E-state index in [1.54, 1.807) is 49.4 Å². The van der Waals surface area contributed by atoms with Crippen molar-refractivity contribution in [3.63, 3.8) is 0 Å². The molecular formula is C45H59N7O9. The molecule has 0 spiro atoms. The summed E-state index contributed by atoms with van der Waals surface area (Å²) in [6.45, 7) is 5.28. The maximum atomic E-state index is 14.3. The van der Waals surface area contributed by atoms with E-state index in [9.17, 15) is 43.8 Å². The molecule has 328 valence electrons. The number of carbonyl (C=O) groups excluding carboxylic acids is 6. The largest absolute Gasteiger partial charge is 0.508 e. The van der Waals surface area contributed by atoms with Gasteiger partial charge >= 0.3 is 12.0 Å². The van der Waals surface area contributed by atoms with Gasteiger partial charge < -0.3 is 47.0 Å². The number of hydrogen-bond donors (Lipinski definition) is 8. The summed E-state index contributed by atoms with van der Waals surface area (Å²) in [5.41, 5.74) is 2.24. The number of amides is 7. The summed E-state index contributed by atoms with van der Waals surface area (Å²) in [6.07, 6.45) is 1.72. The highest BCUT2D eigenvalue weighted by atomic mass is 16.4. The van der Waals surface area contributed by atoms with E-state index in [-0.39, 0.29) is 38.0 Å². The topological polar surface area (TPSA) is 235 Å². The van der Waals surface area contributed by atoms with Gasteiger partial charge in [0.05, 0.1) is 0 Å². The van der Waals surface area contributed by atoms with Gasteiger partial charge in [0.15, 0.2) is 0 Å². The van der Waals surface area contributed by atoms with Crippen LogP contribution in [-0.2, 0) is 48.0 Å². The maximum absolute atomic E-state index is 14.3. The fourth-order valence-electron chi connectivity index (χ4n) is 6.90. The molecule has 1 aliphatic rings. The number of carboxylic acids is 1. The van der Waals surface area contributed by atoms with Gasteiger partial charge in [-0.05, 0) is 73.8 Å². The zero-order valence-corrected chi connectivity index (χ0v) is 35.2. The molecular weight excluding hydrogens is 783 g/mol. The third-order valence-corrected chi connectivity index (χ3v) is 11.0. The molecule has 3 aromatic carbocycles. The number of likely N-dealkylation sites (N-methyl/N-ethyl adjacent to an activating group) is 1. The first kappa shape index (κ1) is 47.2. The van der Waals surface area contributed by atoms with E-state index in [0.29, 0.717) is 31.2 Å². The molecule has 8 N–H and O–H groups in total. The number of phenolic OH excluding ortho intramolecular Hbond substituents is 1. The van der Waals surface area contributed by atoms with E-state index in [1.165, 1.54) is 31.0 Å². The third kappa shape index (κ3) is 14.7. The molecule has 1 saturated heterocycles. The molecule has 1 aliphatic heterocycles. The highest BCUT2D eigenvalue weighted by Crippen LogP contribution is 2.16. The molecule has 16 heteroatoms. The average Bonchev–Trinajstić information content (AvgIpc) is 3.25. The number of hydrogen-bond acceptors (Lipinski definition) is 8. The van der Waals surface area contributed by atoms with Crippen LogP contribution in [0.1, 0.15) is 69.6 Å². The van der Waals surface area contributed by atoms with Crippen molar-refractivity contribution < 1.29 is 43.8 Å². The molecule has 0 saturated carbocycles. The molecule has 0 radical (unpaired) electrons. The first-order valence-electron chi connectivity index (χ1n) is 20.8. The lowest BCUT2D eigenvalue weighted by Gasteiger charge is -2.32. The van der Waals surface area contributed by atoms with Crippen LogP contribution >= 0.6 is 0 Å². The molecule has 0 aromatic heterocycles. The van der Waals surface area contributed by atoms with Crippen molar-refractivity contribution in [2.75, 3.05) is 13.6 Å². The number of nitrogens with zero attached hydrogens (tertiary/aromatic N) is 1. The normalized spacial score (nSPS) is 22.1. The third-order valence-electron chi connectivity index (χ3n) is 11.0. The first-order valence-corrected chi connectivity index (χ1v) is 20.8. The van der Waals surface area contributed by atoms with E-state index in [0.717, 1.165) is 11.1 Å². The van der Waals surface area contributed by atoms with Crippen LogP contribution in [0.2, 0.25) is 0 Å². The predicted molar refractivity (Wildman–Crippen MR) is 228 cm³/mol. The van der Waals surface area contributed by atoms with Gasteiger partial charge in [-0.15, -0.1) is 0 Å². The average molecular weight is 842 g/mol. The Bertz CT molecular complexity index is 1950. The molecule has 4 rings (SSSR count). The molecule has 7 amide bonds. The van der Waals surface area contributed by atoms with Crippen LogP contribution in [0.4, 0.5) is 4.79 Å². The summed E-state index contributed by atoms with van der Waals surface area (Å²) < 4.78 is 0. The predicted octanol–water partition coefficient (Wildman–Crippen LogP) is 2.58. The lowest BCUT2D eigenvalue weighted by atomic mass is 9.96. The zero-order chi connectivity index (χ0) is 44.5. The molecule has 61 heavy (non-hydrogen) atoms. The fraction of sp³-hybridized carbons (Fsp3) is 0.444. The van der Waals surface area contributed by atoms with E-state index in [1.807, 2.05) is 37.3 Å². The van der Waals surface area contributed by atoms with Crippen molar-refractivity contribution in [3.05, 3.63) is 102 Å². The number of aliphatic carboxylic acids is 1. The maximum Gasteiger partial charge on any atom is 0.326 e. The summed E-state index contributed by atoms with van der Waals surface area (Å²) in [6, 6.07) is 16.4. The van der Waals surface area contributed by atoms with Crippen molar-refractivity contribution >= 4 is 41.5 Å². The summed E-state index contributed by atoms with van der Waals surface area (Å²) in [5.74, 6) is -4.66. The molecule has 1 heterocycles. The van der Waals surface area contributed by atoms with Crippen LogP contribution in [0.5, 0.6) is 5.75 Å². The number of carboxylic acid groups (broad SMARTS) is 1. The second kappa shape index (κ2) is 23.4. The molecule has 2 unspecified atom stereocenters. The van der Waals surface area contributed by atoms with Crippen molar-refractivity contribution in [1.29, 1.82) is 0 Å². The van der Waals surface area contributed by atoms with E-state index in [4.69, 9.17) is 0 Å². The minimum Gasteiger partial charge on any atom is -0.508 e. The van der Waals surface area contributed by atoms with Crippen LogP contribution in [0.3, 0.4) is 0 Å². The summed E-state index contributed by atoms with van der Waals surface area (Å²) in [4.78, 5) is 96.7. The van der Waals surface area contributed by atoms with Gasteiger partial charge in [0, 0.05) is 26.4 Å². The van der Waals surface area contributed by atoms with Crippen LogP contribution < -0.4 is 31.9 Å². The van der Waals surface area contributed by atoms with Crippen molar-refractivity contribution in [2.24, 2.45) is 5.92 Å². The minimum atomic E-state index is -1.32. The van der Waals surface area contributed by atoms with Gasteiger partial charge in [0.1, 0.15) is 42.0 Å². The second-order valence-electron chi connectivity index (χ2n) is 15.6. The number of phenols is 1. The minimum absolute atomic E-state index is 0.0112. The van der Waals surface area contributed by atoms with E-state index >= 15 is 0 Å². The standard InChI is InChI=1S/C45H59N7O9/c1-5-28(2)38-42(57)47-35(24-21-30-19-22-33(53)23-20-30)43(58)52(4)29(3)39(54)48-36(26-31-14-8-6-9-15-31)40(55)46-25-13-12-18-34(41(56)51-38)49-45(61)50-37(44(59)60)27-32-16-10-7-11-17-32/h6-11,14-17,19-20,22-23,28-29,34-38,53H,5,12-13,18,21,24-27H2,1-4H3,(H,46,55)(H,47,57)(H,48,54)(H,51,56)(H,59,60)(H2,49,50,61)/t28-,29-,34?,35?,36-,37+,38-/m0/s1. The highest BCUT2D eigenvalue weighted by Gasteiger charge is 2.36. The second-order valence-corrected chi connectivity index (χ2v) is 15.6. The lowest BCUT2D eigenvalue weighted by Crippen LogP contribution is -2.60.